The van der Waals surface area contributed by atoms with Crippen LogP contribution in [0.4, 0.5) is 18.9 Å². The lowest BCUT2D eigenvalue weighted by Gasteiger charge is -2.33. The van der Waals surface area contributed by atoms with Crippen LogP contribution < -0.4 is 9.62 Å². The summed E-state index contributed by atoms with van der Waals surface area (Å²) >= 11 is 0. The summed E-state index contributed by atoms with van der Waals surface area (Å²) in [5.74, 6) is -0.983. The lowest BCUT2D eigenvalue weighted by molar-refractivity contribution is -0.140. The second-order valence-corrected chi connectivity index (χ2v) is 12.8. The van der Waals surface area contributed by atoms with E-state index in [2.05, 4.69) is 5.32 Å². The summed E-state index contributed by atoms with van der Waals surface area (Å²) in [7, 11) is -4.50. The number of carbonyl (C=O) groups is 2. The van der Waals surface area contributed by atoms with Crippen LogP contribution >= 0.6 is 0 Å². The van der Waals surface area contributed by atoms with Crippen LogP contribution in [-0.2, 0) is 32.3 Å². The molecule has 0 spiro atoms. The van der Waals surface area contributed by atoms with Crippen LogP contribution in [0.5, 0.6) is 0 Å². The van der Waals surface area contributed by atoms with E-state index in [4.69, 9.17) is 0 Å². The predicted octanol–water partition coefficient (Wildman–Crippen LogP) is 6.10. The molecule has 2 amide bonds. The first-order valence-electron chi connectivity index (χ1n) is 14.0. The van der Waals surface area contributed by atoms with Crippen LogP contribution in [0.25, 0.3) is 0 Å². The van der Waals surface area contributed by atoms with E-state index in [1.807, 2.05) is 39.0 Å². The van der Waals surface area contributed by atoms with Gasteiger partial charge in [-0.2, -0.15) is 13.2 Å². The van der Waals surface area contributed by atoms with Gasteiger partial charge in [-0.05, 0) is 62.1 Å². The summed E-state index contributed by atoms with van der Waals surface area (Å²) in [6.07, 6.45) is -4.51. The zero-order valence-corrected chi connectivity index (χ0v) is 25.8. The van der Waals surface area contributed by atoms with Crippen molar-refractivity contribution in [2.75, 3.05) is 17.4 Å². The normalized spacial score (nSPS) is 12.6. The summed E-state index contributed by atoms with van der Waals surface area (Å²) in [5.41, 5.74) is 1.04. The Kier molecular flexibility index (Phi) is 11.0. The van der Waals surface area contributed by atoms with E-state index in [0.29, 0.717) is 16.9 Å². The molecular formula is C32H38F3N3O4S. The Balaban J connectivity index is 2.11. The minimum absolute atomic E-state index is 0.00483. The maximum atomic E-state index is 14.1. The molecular weight excluding hydrogens is 579 g/mol. The molecule has 0 aliphatic heterocycles. The van der Waals surface area contributed by atoms with Crippen molar-refractivity contribution in [3.05, 3.63) is 95.1 Å². The third kappa shape index (κ3) is 8.82. The number of aryl methyl sites for hydroxylation is 2. The van der Waals surface area contributed by atoms with Gasteiger partial charge in [-0.25, -0.2) is 8.42 Å². The quantitative estimate of drug-likeness (QED) is 0.266. The zero-order valence-electron chi connectivity index (χ0n) is 25.0. The monoisotopic (exact) mass is 617 g/mol. The molecule has 1 atom stereocenters. The molecule has 0 heterocycles. The third-order valence-electron chi connectivity index (χ3n) is 6.86. The first-order valence-corrected chi connectivity index (χ1v) is 15.5. The van der Waals surface area contributed by atoms with Gasteiger partial charge >= 0.3 is 6.18 Å². The molecule has 0 bridgehead atoms. The van der Waals surface area contributed by atoms with E-state index in [1.54, 1.807) is 32.0 Å². The Morgan fingerprint density at radius 3 is 2.14 bits per heavy atom. The molecule has 0 saturated carbocycles. The van der Waals surface area contributed by atoms with Gasteiger partial charge in [-0.15, -0.1) is 0 Å². The fourth-order valence-corrected chi connectivity index (χ4v) is 5.96. The summed E-state index contributed by atoms with van der Waals surface area (Å²) < 4.78 is 69.4. The van der Waals surface area contributed by atoms with E-state index in [9.17, 15) is 31.2 Å². The zero-order chi connectivity index (χ0) is 31.9. The molecule has 0 radical (unpaired) electrons. The summed E-state index contributed by atoms with van der Waals surface area (Å²) in [6.45, 7) is 8.80. The van der Waals surface area contributed by atoms with Gasteiger partial charge in [0.2, 0.25) is 11.8 Å². The molecule has 1 N–H and O–H groups in total. The highest BCUT2D eigenvalue weighted by Gasteiger charge is 2.36. The van der Waals surface area contributed by atoms with Crippen molar-refractivity contribution in [3.8, 4) is 0 Å². The fourth-order valence-electron chi connectivity index (χ4n) is 4.55. The number of sulfonamides is 1. The molecule has 3 rings (SSSR count). The van der Waals surface area contributed by atoms with Crippen LogP contribution in [0, 0.1) is 19.8 Å². The minimum atomic E-state index is -4.74. The van der Waals surface area contributed by atoms with Gasteiger partial charge in [-0.1, -0.05) is 74.4 Å². The second-order valence-electron chi connectivity index (χ2n) is 10.9. The lowest BCUT2D eigenvalue weighted by Crippen LogP contribution is -2.52. The molecule has 43 heavy (non-hydrogen) atoms. The number of anilines is 1. The molecule has 11 heteroatoms. The maximum Gasteiger partial charge on any atom is 0.416 e. The second kappa shape index (κ2) is 14.1. The molecule has 0 aliphatic rings. The molecule has 0 unspecified atom stereocenters. The van der Waals surface area contributed by atoms with Gasteiger partial charge in [0, 0.05) is 13.1 Å². The highest BCUT2D eigenvalue weighted by molar-refractivity contribution is 7.92. The van der Waals surface area contributed by atoms with Crippen molar-refractivity contribution in [2.45, 2.75) is 64.7 Å². The molecule has 3 aromatic carbocycles. The van der Waals surface area contributed by atoms with Gasteiger partial charge < -0.3 is 10.2 Å². The molecule has 0 saturated heterocycles. The van der Waals surface area contributed by atoms with Crippen LogP contribution in [0.2, 0.25) is 0 Å². The minimum Gasteiger partial charge on any atom is -0.354 e. The number of amides is 2. The number of carbonyl (C=O) groups excluding carboxylic acids is 2. The van der Waals surface area contributed by atoms with Crippen molar-refractivity contribution < 1.29 is 31.2 Å². The van der Waals surface area contributed by atoms with Gasteiger partial charge in [0.15, 0.2) is 0 Å². The lowest BCUT2D eigenvalue weighted by atomic mass is 10.1. The van der Waals surface area contributed by atoms with Crippen LogP contribution in [0.1, 0.15) is 49.4 Å². The smallest absolute Gasteiger partial charge is 0.354 e. The number of hydrogen-bond acceptors (Lipinski definition) is 4. The number of alkyl halides is 3. The summed E-state index contributed by atoms with van der Waals surface area (Å²) in [5, 5.41) is 2.85. The molecule has 232 valence electrons. The van der Waals surface area contributed by atoms with Crippen molar-refractivity contribution >= 4 is 27.5 Å². The Labute approximate surface area is 251 Å². The fraction of sp³-hybridized carbons (Fsp3) is 0.375. The molecule has 0 aliphatic carbocycles. The van der Waals surface area contributed by atoms with Gasteiger partial charge in [0.25, 0.3) is 10.0 Å². The van der Waals surface area contributed by atoms with Crippen molar-refractivity contribution in [2.24, 2.45) is 5.92 Å². The predicted molar refractivity (Wildman–Crippen MR) is 161 cm³/mol. The summed E-state index contributed by atoms with van der Waals surface area (Å²) in [6, 6.07) is 16.0. The molecule has 0 aromatic heterocycles. The van der Waals surface area contributed by atoms with E-state index in [-0.39, 0.29) is 29.5 Å². The van der Waals surface area contributed by atoms with E-state index < -0.39 is 46.2 Å². The van der Waals surface area contributed by atoms with Crippen LogP contribution in [0.15, 0.2) is 77.7 Å². The molecule has 7 nitrogen and oxygen atoms in total. The van der Waals surface area contributed by atoms with Gasteiger partial charge in [0.05, 0.1) is 16.1 Å². The van der Waals surface area contributed by atoms with Gasteiger partial charge in [-0.3, -0.25) is 13.9 Å². The first kappa shape index (κ1) is 33.6. The number of benzene rings is 3. The van der Waals surface area contributed by atoms with Crippen molar-refractivity contribution in [3.63, 3.8) is 0 Å². The number of rotatable bonds is 12. The SMILES string of the molecule is CC[C@H](C(=O)NCC(C)C)N(Cc1cccc(C)c1)C(=O)CN(c1cccc(C(F)(F)F)c1)S(=O)(=O)c1ccc(C)cc1. The Morgan fingerprint density at radius 1 is 0.907 bits per heavy atom. The molecule has 0 fully saturated rings. The van der Waals surface area contributed by atoms with Gasteiger partial charge in [0.1, 0.15) is 12.6 Å². The van der Waals surface area contributed by atoms with E-state index in [0.717, 1.165) is 28.8 Å². The van der Waals surface area contributed by atoms with E-state index in [1.165, 1.54) is 23.1 Å². The van der Waals surface area contributed by atoms with Crippen LogP contribution in [0.3, 0.4) is 0 Å². The highest BCUT2D eigenvalue weighted by atomic mass is 32.2. The van der Waals surface area contributed by atoms with E-state index >= 15 is 0 Å². The highest BCUT2D eigenvalue weighted by Crippen LogP contribution is 2.33. The maximum absolute atomic E-state index is 14.1. The van der Waals surface area contributed by atoms with Crippen molar-refractivity contribution in [1.82, 2.24) is 10.2 Å². The Morgan fingerprint density at radius 2 is 1.56 bits per heavy atom. The van der Waals surface area contributed by atoms with Crippen molar-refractivity contribution in [1.29, 1.82) is 0 Å². The Bertz CT molecular complexity index is 1520. The number of halogens is 3. The third-order valence-corrected chi connectivity index (χ3v) is 8.64. The van der Waals surface area contributed by atoms with Crippen LogP contribution in [-0.4, -0.2) is 44.3 Å². The first-order chi connectivity index (χ1) is 20.1. The number of hydrogen-bond donors (Lipinski definition) is 1. The number of nitrogens with one attached hydrogen (secondary N) is 1. The average Bonchev–Trinajstić information content (AvgIpc) is 2.94. The molecule has 3 aromatic rings. The number of nitrogens with zero attached hydrogens (tertiary/aromatic N) is 2. The average molecular weight is 618 g/mol. The standard InChI is InChI=1S/C32H38F3N3O4S/c1-6-29(31(40)36-19-22(2)3)37(20-25-10-7-9-24(5)17-25)30(39)21-38(27-12-8-11-26(18-27)32(33,34)35)43(41,42)28-15-13-23(4)14-16-28/h7-18,22,29H,6,19-21H2,1-5H3,(H,36,40)/t29-/m1/s1. The Hall–Kier alpha value is -3.86. The summed E-state index contributed by atoms with van der Waals surface area (Å²) in [4.78, 5) is 28.5. The topological polar surface area (TPSA) is 86.8 Å². The largest absolute Gasteiger partial charge is 0.416 e.